The summed E-state index contributed by atoms with van der Waals surface area (Å²) in [5.74, 6) is 0.818. The Balaban J connectivity index is 1.75. The van der Waals surface area contributed by atoms with Gasteiger partial charge in [-0.2, -0.15) is 0 Å². The lowest BCUT2D eigenvalue weighted by Crippen LogP contribution is -1.99. The van der Waals surface area contributed by atoms with Crippen LogP contribution in [-0.2, 0) is 6.54 Å². The molecule has 0 unspecified atom stereocenters. The van der Waals surface area contributed by atoms with Gasteiger partial charge in [0.2, 0.25) is 0 Å². The summed E-state index contributed by atoms with van der Waals surface area (Å²) in [6.45, 7) is 0.733. The number of ether oxygens (including phenoxy) is 1. The SMILES string of the molecule is COc1ccc(-c2ncnc3c2ncn3Cc2ccccc2)cc1. The molecule has 24 heavy (non-hydrogen) atoms. The van der Waals surface area contributed by atoms with Gasteiger partial charge in [0.05, 0.1) is 20.0 Å². The average Bonchev–Trinajstić information content (AvgIpc) is 3.06. The summed E-state index contributed by atoms with van der Waals surface area (Å²) in [5, 5.41) is 0. The summed E-state index contributed by atoms with van der Waals surface area (Å²) in [6, 6.07) is 18.1. The van der Waals surface area contributed by atoms with Crippen LogP contribution in [0.2, 0.25) is 0 Å². The van der Waals surface area contributed by atoms with E-state index < -0.39 is 0 Å². The van der Waals surface area contributed by atoms with E-state index in [-0.39, 0.29) is 0 Å². The molecule has 4 rings (SSSR count). The Hall–Kier alpha value is -3.21. The zero-order valence-corrected chi connectivity index (χ0v) is 13.3. The van der Waals surface area contributed by atoms with Crippen LogP contribution in [0.15, 0.2) is 67.3 Å². The molecule has 0 saturated carbocycles. The van der Waals surface area contributed by atoms with Crippen molar-refractivity contribution in [2.24, 2.45) is 0 Å². The second-order valence-electron chi connectivity index (χ2n) is 5.48. The van der Waals surface area contributed by atoms with Gasteiger partial charge in [-0.15, -0.1) is 0 Å². The van der Waals surface area contributed by atoms with E-state index in [9.17, 15) is 0 Å². The maximum atomic E-state index is 5.21. The van der Waals surface area contributed by atoms with E-state index in [1.54, 1.807) is 13.4 Å². The first-order valence-electron chi connectivity index (χ1n) is 7.69. The molecule has 4 aromatic rings. The van der Waals surface area contributed by atoms with Gasteiger partial charge in [0.25, 0.3) is 0 Å². The fourth-order valence-electron chi connectivity index (χ4n) is 2.74. The molecule has 5 nitrogen and oxygen atoms in total. The van der Waals surface area contributed by atoms with Gasteiger partial charge in [0, 0.05) is 5.56 Å². The third-order valence-corrected chi connectivity index (χ3v) is 3.96. The monoisotopic (exact) mass is 316 g/mol. The Bertz CT molecular complexity index is 962. The highest BCUT2D eigenvalue weighted by Crippen LogP contribution is 2.26. The van der Waals surface area contributed by atoms with Gasteiger partial charge in [-0.3, -0.25) is 0 Å². The van der Waals surface area contributed by atoms with Crippen LogP contribution in [0.25, 0.3) is 22.4 Å². The molecular weight excluding hydrogens is 300 g/mol. The molecule has 0 aliphatic carbocycles. The van der Waals surface area contributed by atoms with Crippen LogP contribution in [-0.4, -0.2) is 26.6 Å². The molecule has 0 aliphatic heterocycles. The van der Waals surface area contributed by atoms with E-state index >= 15 is 0 Å². The van der Waals surface area contributed by atoms with Gasteiger partial charge in [-0.1, -0.05) is 30.3 Å². The Morgan fingerprint density at radius 2 is 1.71 bits per heavy atom. The van der Waals surface area contributed by atoms with Crippen molar-refractivity contribution in [3.63, 3.8) is 0 Å². The lowest BCUT2D eigenvalue weighted by atomic mass is 10.1. The Kier molecular flexibility index (Phi) is 3.67. The molecule has 2 aromatic heterocycles. The molecule has 0 radical (unpaired) electrons. The molecular formula is C19H16N4O. The van der Waals surface area contributed by atoms with Crippen molar-refractivity contribution in [3.8, 4) is 17.0 Å². The predicted octanol–water partition coefficient (Wildman–Crippen LogP) is 3.55. The van der Waals surface area contributed by atoms with E-state index in [2.05, 4.69) is 27.1 Å². The lowest BCUT2D eigenvalue weighted by molar-refractivity contribution is 0.415. The zero-order chi connectivity index (χ0) is 16.4. The number of benzene rings is 2. The van der Waals surface area contributed by atoms with Crippen LogP contribution in [0.4, 0.5) is 0 Å². The van der Waals surface area contributed by atoms with Crippen molar-refractivity contribution in [1.29, 1.82) is 0 Å². The molecule has 0 atom stereocenters. The van der Waals surface area contributed by atoms with Crippen molar-refractivity contribution in [3.05, 3.63) is 72.8 Å². The second kappa shape index (κ2) is 6.12. The first-order chi connectivity index (χ1) is 11.8. The lowest BCUT2D eigenvalue weighted by Gasteiger charge is -2.05. The summed E-state index contributed by atoms with van der Waals surface area (Å²) in [6.07, 6.45) is 3.41. The minimum absolute atomic E-state index is 0.733. The van der Waals surface area contributed by atoms with Gasteiger partial charge < -0.3 is 9.30 Å². The van der Waals surface area contributed by atoms with Gasteiger partial charge in [-0.25, -0.2) is 15.0 Å². The number of hydrogen-bond acceptors (Lipinski definition) is 4. The highest BCUT2D eigenvalue weighted by atomic mass is 16.5. The van der Waals surface area contributed by atoms with E-state index in [1.165, 1.54) is 5.56 Å². The van der Waals surface area contributed by atoms with Crippen LogP contribution in [0.5, 0.6) is 5.75 Å². The molecule has 0 spiro atoms. The minimum Gasteiger partial charge on any atom is -0.497 e. The van der Waals surface area contributed by atoms with Crippen molar-refractivity contribution >= 4 is 11.2 Å². The summed E-state index contributed by atoms with van der Waals surface area (Å²) < 4.78 is 7.25. The third-order valence-electron chi connectivity index (χ3n) is 3.96. The quantitative estimate of drug-likeness (QED) is 0.578. The molecule has 5 heteroatoms. The first-order valence-corrected chi connectivity index (χ1v) is 7.69. The summed E-state index contributed by atoms with van der Waals surface area (Å²) >= 11 is 0. The molecule has 2 aromatic carbocycles. The minimum atomic E-state index is 0.733. The fourth-order valence-corrected chi connectivity index (χ4v) is 2.74. The molecule has 0 fully saturated rings. The topological polar surface area (TPSA) is 52.8 Å². The summed E-state index contributed by atoms with van der Waals surface area (Å²) in [4.78, 5) is 13.4. The molecule has 0 N–H and O–H groups in total. The van der Waals surface area contributed by atoms with Gasteiger partial charge in [-0.05, 0) is 29.8 Å². The molecule has 2 heterocycles. The summed E-state index contributed by atoms with van der Waals surface area (Å²) in [7, 11) is 1.66. The Labute approximate surface area is 139 Å². The van der Waals surface area contributed by atoms with Crippen LogP contribution in [0.1, 0.15) is 5.56 Å². The van der Waals surface area contributed by atoms with Crippen LogP contribution >= 0.6 is 0 Å². The normalized spacial score (nSPS) is 10.9. The third kappa shape index (κ3) is 2.60. The van der Waals surface area contributed by atoms with Crippen LogP contribution in [0, 0.1) is 0 Å². The van der Waals surface area contributed by atoms with E-state index in [0.29, 0.717) is 0 Å². The Morgan fingerprint density at radius 1 is 0.917 bits per heavy atom. The van der Waals surface area contributed by atoms with Crippen molar-refractivity contribution in [2.45, 2.75) is 6.54 Å². The fraction of sp³-hybridized carbons (Fsp3) is 0.105. The highest BCUT2D eigenvalue weighted by molar-refractivity contribution is 5.87. The summed E-state index contributed by atoms with van der Waals surface area (Å²) in [5.41, 5.74) is 4.67. The molecule has 0 aliphatic rings. The second-order valence-corrected chi connectivity index (χ2v) is 5.48. The van der Waals surface area contributed by atoms with Crippen LogP contribution < -0.4 is 4.74 Å². The molecule has 118 valence electrons. The zero-order valence-electron chi connectivity index (χ0n) is 13.3. The number of methoxy groups -OCH3 is 1. The highest BCUT2D eigenvalue weighted by Gasteiger charge is 2.12. The molecule has 0 amide bonds. The number of fused-ring (bicyclic) bond motifs is 1. The van der Waals surface area contributed by atoms with Crippen LogP contribution in [0.3, 0.4) is 0 Å². The maximum absolute atomic E-state index is 5.21. The standard InChI is InChI=1S/C19H16N4O/c1-24-16-9-7-15(8-10-16)17-18-19(21-12-20-17)23(13-22-18)11-14-5-3-2-4-6-14/h2-10,12-13H,11H2,1H3. The van der Waals surface area contributed by atoms with Gasteiger partial charge >= 0.3 is 0 Å². The Morgan fingerprint density at radius 3 is 2.46 bits per heavy atom. The number of aromatic nitrogens is 4. The first kappa shape index (κ1) is 14.4. The largest absolute Gasteiger partial charge is 0.497 e. The van der Waals surface area contributed by atoms with E-state index in [4.69, 9.17) is 4.74 Å². The van der Waals surface area contributed by atoms with E-state index in [1.807, 2.05) is 53.4 Å². The van der Waals surface area contributed by atoms with Crippen molar-refractivity contribution in [1.82, 2.24) is 19.5 Å². The van der Waals surface area contributed by atoms with Crippen molar-refractivity contribution in [2.75, 3.05) is 7.11 Å². The van der Waals surface area contributed by atoms with Gasteiger partial charge in [0.15, 0.2) is 5.65 Å². The predicted molar refractivity (Wildman–Crippen MR) is 92.9 cm³/mol. The average molecular weight is 316 g/mol. The maximum Gasteiger partial charge on any atom is 0.164 e. The number of rotatable bonds is 4. The molecule has 0 bridgehead atoms. The number of imidazole rings is 1. The van der Waals surface area contributed by atoms with Gasteiger partial charge in [0.1, 0.15) is 23.3 Å². The molecule has 0 saturated heterocycles. The van der Waals surface area contributed by atoms with Crippen molar-refractivity contribution < 1.29 is 4.74 Å². The van der Waals surface area contributed by atoms with E-state index in [0.717, 1.165) is 34.7 Å². The number of hydrogen-bond donors (Lipinski definition) is 0. The number of nitrogens with zero attached hydrogens (tertiary/aromatic N) is 4. The smallest absolute Gasteiger partial charge is 0.164 e.